The molecule has 0 heterocycles. The molecule has 8 heteroatoms. The molecule has 0 spiro atoms. The lowest BCUT2D eigenvalue weighted by Crippen LogP contribution is -2.30. The van der Waals surface area contributed by atoms with Gasteiger partial charge in [-0.3, -0.25) is 14.4 Å². The number of carbonyl (C=O) groups excluding carboxylic acids is 3. The fraction of sp³-hybridized carbons (Fsp3) is 0.182. The molecule has 0 aliphatic heterocycles. The number of benzene rings is 10. The van der Waals surface area contributed by atoms with Crippen LogP contribution >= 0.6 is 0 Å². The van der Waals surface area contributed by atoms with Crippen molar-refractivity contribution in [2.75, 3.05) is 13.7 Å². The highest BCUT2D eigenvalue weighted by Gasteiger charge is 2.30. The molecular formula is C77H71NO7. The summed E-state index contributed by atoms with van der Waals surface area (Å²) in [6.07, 6.45) is 1.71. The van der Waals surface area contributed by atoms with E-state index in [0.717, 1.165) is 40.0 Å². The van der Waals surface area contributed by atoms with Crippen LogP contribution in [0.3, 0.4) is 0 Å². The second-order valence-corrected chi connectivity index (χ2v) is 22.7. The zero-order valence-corrected chi connectivity index (χ0v) is 49.4. The van der Waals surface area contributed by atoms with Gasteiger partial charge in [0.2, 0.25) is 5.91 Å². The van der Waals surface area contributed by atoms with E-state index in [0.29, 0.717) is 76.1 Å². The van der Waals surface area contributed by atoms with Gasteiger partial charge in [-0.15, -0.1) is 0 Å². The number of ketones is 2. The van der Waals surface area contributed by atoms with Gasteiger partial charge in [-0.2, -0.15) is 0 Å². The van der Waals surface area contributed by atoms with Crippen LogP contribution in [0.15, 0.2) is 243 Å². The second kappa shape index (κ2) is 26.2. The molecule has 0 aromatic heterocycles. The zero-order valence-electron chi connectivity index (χ0n) is 49.4. The van der Waals surface area contributed by atoms with Crippen molar-refractivity contribution >= 4 is 17.5 Å². The van der Waals surface area contributed by atoms with Gasteiger partial charge in [0.25, 0.3) is 0 Å². The molecule has 10 aromatic carbocycles. The van der Waals surface area contributed by atoms with E-state index in [2.05, 4.69) is 137 Å². The Labute approximate surface area is 500 Å². The predicted molar refractivity (Wildman–Crippen MR) is 340 cm³/mol. The Morgan fingerprint density at radius 3 is 0.988 bits per heavy atom. The van der Waals surface area contributed by atoms with Gasteiger partial charge in [0.05, 0.1) is 7.11 Å². The van der Waals surface area contributed by atoms with Gasteiger partial charge in [0.15, 0.2) is 11.6 Å². The third-order valence-corrected chi connectivity index (χ3v) is 16.3. The summed E-state index contributed by atoms with van der Waals surface area (Å²) >= 11 is 0. The Morgan fingerprint density at radius 2 is 0.659 bits per heavy atom. The number of amides is 1. The summed E-state index contributed by atoms with van der Waals surface area (Å²) in [5.41, 5.74) is 11.9. The molecule has 85 heavy (non-hydrogen) atoms. The standard InChI is InChI=1S/C77H71NO7/c1-52-8-14-55(15-9-52)72(56-16-10-53(2)11-17-56)49-51-78-73(79)48-50-77(6,63-30-40-65(82-7)41-31-63)64-32-46-71(47-33-64)85-68-38-24-60(25-39-68)75(81)59-22-36-67(37-23-59)84-70-44-28-62(29-45-70)76(4,5)61-26-42-69(43-27-61)83-66-34-20-58(21-35-66)74(80)57-18-12-54(3)13-19-57/h8-47,72H,48-51H2,1-7H3,(H,78,79). The summed E-state index contributed by atoms with van der Waals surface area (Å²) in [7, 11) is 1.66. The van der Waals surface area contributed by atoms with E-state index in [1.807, 2.05) is 91.9 Å². The second-order valence-electron chi connectivity index (χ2n) is 22.7. The van der Waals surface area contributed by atoms with E-state index in [1.165, 1.54) is 22.3 Å². The Hall–Kier alpha value is -9.79. The third kappa shape index (κ3) is 14.4. The molecule has 0 saturated carbocycles. The summed E-state index contributed by atoms with van der Waals surface area (Å²) in [6, 6.07) is 78.7. The smallest absolute Gasteiger partial charge is 0.220 e. The van der Waals surface area contributed by atoms with Crippen molar-refractivity contribution in [2.45, 2.75) is 77.6 Å². The van der Waals surface area contributed by atoms with Crippen LogP contribution in [0.2, 0.25) is 0 Å². The van der Waals surface area contributed by atoms with Crippen LogP contribution in [0.4, 0.5) is 0 Å². The Morgan fingerprint density at radius 1 is 0.376 bits per heavy atom. The highest BCUT2D eigenvalue weighted by molar-refractivity contribution is 6.09. The van der Waals surface area contributed by atoms with Crippen molar-refractivity contribution in [2.24, 2.45) is 0 Å². The van der Waals surface area contributed by atoms with Crippen LogP contribution in [0, 0.1) is 20.8 Å². The minimum Gasteiger partial charge on any atom is -0.497 e. The topological polar surface area (TPSA) is 100 Å². The average molecular weight is 1120 g/mol. The number of hydrogen-bond acceptors (Lipinski definition) is 7. The van der Waals surface area contributed by atoms with Gasteiger partial charge in [0, 0.05) is 52.0 Å². The normalized spacial score (nSPS) is 12.0. The SMILES string of the molecule is COc1ccc(C(C)(CCC(=O)NCCC(c2ccc(C)cc2)c2ccc(C)cc2)c2ccc(Oc3ccc(C(=O)c4ccc(Oc5ccc(C(C)(C)c6ccc(Oc7ccc(C(=O)c8ccc(C)cc8)cc7)cc6)cc5)cc4)cc3)cc2)cc1. The number of aryl methyl sites for hydroxylation is 3. The fourth-order valence-corrected chi connectivity index (χ4v) is 10.8. The monoisotopic (exact) mass is 1120 g/mol. The summed E-state index contributed by atoms with van der Waals surface area (Å²) in [4.78, 5) is 40.2. The van der Waals surface area contributed by atoms with Gasteiger partial charge in [-0.05, 0) is 188 Å². The maximum Gasteiger partial charge on any atom is 0.220 e. The fourth-order valence-electron chi connectivity index (χ4n) is 10.8. The maximum absolute atomic E-state index is 13.7. The van der Waals surface area contributed by atoms with Crippen molar-refractivity contribution in [3.63, 3.8) is 0 Å². The van der Waals surface area contributed by atoms with Crippen LogP contribution in [0.5, 0.6) is 40.2 Å². The number of nitrogens with one attached hydrogen (secondary N) is 1. The van der Waals surface area contributed by atoms with E-state index in [-0.39, 0.29) is 28.8 Å². The summed E-state index contributed by atoms with van der Waals surface area (Å²) < 4.78 is 24.2. The molecule has 0 fully saturated rings. The highest BCUT2D eigenvalue weighted by Crippen LogP contribution is 2.40. The molecule has 1 N–H and O–H groups in total. The molecule has 1 amide bonds. The van der Waals surface area contributed by atoms with Gasteiger partial charge in [-0.1, -0.05) is 159 Å². The van der Waals surface area contributed by atoms with Gasteiger partial charge in [-0.25, -0.2) is 0 Å². The van der Waals surface area contributed by atoms with Crippen molar-refractivity contribution in [3.8, 4) is 40.2 Å². The lowest BCUT2D eigenvalue weighted by atomic mass is 9.73. The van der Waals surface area contributed by atoms with Crippen LogP contribution < -0.4 is 24.3 Å². The van der Waals surface area contributed by atoms with Crippen molar-refractivity contribution < 1.29 is 33.3 Å². The first-order valence-corrected chi connectivity index (χ1v) is 29.0. The van der Waals surface area contributed by atoms with Crippen LogP contribution in [-0.2, 0) is 15.6 Å². The van der Waals surface area contributed by atoms with E-state index in [1.54, 1.807) is 67.8 Å². The molecule has 426 valence electrons. The molecular weight excluding hydrogens is 1050 g/mol. The summed E-state index contributed by atoms with van der Waals surface area (Å²) in [5.74, 6) is 4.70. The van der Waals surface area contributed by atoms with E-state index >= 15 is 0 Å². The first kappa shape index (κ1) is 58.4. The zero-order chi connectivity index (χ0) is 59.5. The lowest BCUT2D eigenvalue weighted by Gasteiger charge is -2.31. The Bertz CT molecular complexity index is 3810. The molecule has 1 unspecified atom stereocenters. The summed E-state index contributed by atoms with van der Waals surface area (Å²) in [5, 5.41) is 3.24. The van der Waals surface area contributed by atoms with E-state index in [4.69, 9.17) is 18.9 Å². The van der Waals surface area contributed by atoms with Gasteiger partial charge < -0.3 is 24.3 Å². The van der Waals surface area contributed by atoms with Gasteiger partial charge in [0.1, 0.15) is 40.2 Å². The van der Waals surface area contributed by atoms with Crippen LogP contribution in [0.1, 0.15) is 128 Å². The molecule has 10 aromatic rings. The third-order valence-electron chi connectivity index (χ3n) is 16.3. The van der Waals surface area contributed by atoms with Crippen molar-refractivity contribution in [1.82, 2.24) is 5.32 Å². The average Bonchev–Trinajstić information content (AvgIpc) is 3.23. The van der Waals surface area contributed by atoms with Crippen LogP contribution in [0.25, 0.3) is 0 Å². The minimum absolute atomic E-state index is 0.0145. The summed E-state index contributed by atoms with van der Waals surface area (Å²) in [6.45, 7) is 13.3. The number of rotatable bonds is 23. The number of hydrogen-bond donors (Lipinski definition) is 1. The molecule has 1 atom stereocenters. The van der Waals surface area contributed by atoms with Crippen molar-refractivity contribution in [1.29, 1.82) is 0 Å². The predicted octanol–water partition coefficient (Wildman–Crippen LogP) is 18.2. The molecule has 0 aliphatic rings. The van der Waals surface area contributed by atoms with Crippen LogP contribution in [-0.4, -0.2) is 31.1 Å². The first-order chi connectivity index (χ1) is 41.1. The first-order valence-electron chi connectivity index (χ1n) is 29.0. The maximum atomic E-state index is 13.7. The molecule has 10 rings (SSSR count). The minimum atomic E-state index is -0.497. The number of carbonyl (C=O) groups is 3. The molecule has 0 radical (unpaired) electrons. The molecule has 8 nitrogen and oxygen atoms in total. The van der Waals surface area contributed by atoms with Gasteiger partial charge >= 0.3 is 0 Å². The number of methoxy groups -OCH3 is 1. The van der Waals surface area contributed by atoms with E-state index in [9.17, 15) is 14.4 Å². The molecule has 0 bridgehead atoms. The molecule has 0 saturated heterocycles. The quantitative estimate of drug-likeness (QED) is 0.0637. The van der Waals surface area contributed by atoms with Crippen molar-refractivity contribution in [3.05, 3.63) is 315 Å². The number of ether oxygens (including phenoxy) is 4. The molecule has 0 aliphatic carbocycles. The van der Waals surface area contributed by atoms with E-state index < -0.39 is 5.41 Å². The largest absolute Gasteiger partial charge is 0.497 e. The lowest BCUT2D eigenvalue weighted by molar-refractivity contribution is -0.121. The Balaban J connectivity index is 0.713. The highest BCUT2D eigenvalue weighted by atomic mass is 16.5. The Kier molecular flexibility index (Phi) is 18.0.